The summed E-state index contributed by atoms with van der Waals surface area (Å²) in [5, 5.41) is 34.8. The summed E-state index contributed by atoms with van der Waals surface area (Å²) in [7, 11) is 1.70. The van der Waals surface area contributed by atoms with Crippen LogP contribution in [0.2, 0.25) is 0 Å². The molecule has 4 heterocycles. The summed E-state index contributed by atoms with van der Waals surface area (Å²) in [6.45, 7) is 4.24. The molecule has 172 valence electrons. The molecule has 0 radical (unpaired) electrons. The number of nitrogens with one attached hydrogen (secondary N) is 2. The summed E-state index contributed by atoms with van der Waals surface area (Å²) in [6.07, 6.45) is 1.01. The first-order valence-electron chi connectivity index (χ1n) is 10.6. The van der Waals surface area contributed by atoms with Gasteiger partial charge in [-0.15, -0.1) is 5.10 Å². The zero-order chi connectivity index (χ0) is 22.8. The third-order valence-corrected chi connectivity index (χ3v) is 5.30. The Kier molecular flexibility index (Phi) is 6.30. The monoisotopic (exact) mass is 445 g/mol. The summed E-state index contributed by atoms with van der Waals surface area (Å²) in [5.41, 5.74) is 1.62. The number of imidazole rings is 1. The lowest BCUT2D eigenvalue weighted by atomic mass is 10.1. The van der Waals surface area contributed by atoms with E-state index in [0.717, 1.165) is 25.0 Å². The molecule has 1 amide bonds. The van der Waals surface area contributed by atoms with E-state index < -0.39 is 30.4 Å². The van der Waals surface area contributed by atoms with Crippen LogP contribution in [0.4, 0.5) is 5.82 Å². The fraction of sp³-hybridized carbons (Fsp3) is 0.579. The number of aliphatic hydroxyl groups is 2. The number of anilines is 1. The Bertz CT molecular complexity index is 1100. The molecule has 0 spiro atoms. The highest BCUT2D eigenvalue weighted by Gasteiger charge is 2.47. The van der Waals surface area contributed by atoms with Crippen LogP contribution in [0.3, 0.4) is 0 Å². The number of aromatic nitrogens is 7. The number of carbonyl (C=O) groups is 1. The first kappa shape index (κ1) is 22.0. The number of ether oxygens (including phenoxy) is 1. The number of fused-ring (bicyclic) bond motifs is 1. The van der Waals surface area contributed by atoms with Crippen LogP contribution >= 0.6 is 0 Å². The molecule has 1 fully saturated rings. The van der Waals surface area contributed by atoms with Gasteiger partial charge in [0.2, 0.25) is 0 Å². The molecule has 4 N–H and O–H groups in total. The maximum atomic E-state index is 12.2. The molecule has 1 aliphatic heterocycles. The minimum absolute atomic E-state index is 0.257. The molecule has 0 bridgehead atoms. The second-order valence-electron chi connectivity index (χ2n) is 7.53. The minimum Gasteiger partial charge on any atom is -0.387 e. The van der Waals surface area contributed by atoms with Crippen molar-refractivity contribution in [2.75, 3.05) is 18.9 Å². The van der Waals surface area contributed by atoms with Crippen molar-refractivity contribution in [3.8, 4) is 5.95 Å². The van der Waals surface area contributed by atoms with Gasteiger partial charge in [0.25, 0.3) is 11.9 Å². The molecule has 13 heteroatoms. The summed E-state index contributed by atoms with van der Waals surface area (Å²) in [6, 6.07) is 0. The highest BCUT2D eigenvalue weighted by molar-refractivity contribution is 5.84. The molecule has 32 heavy (non-hydrogen) atoms. The van der Waals surface area contributed by atoms with Gasteiger partial charge < -0.3 is 25.6 Å². The van der Waals surface area contributed by atoms with Gasteiger partial charge in [0.15, 0.2) is 29.3 Å². The lowest BCUT2D eigenvalue weighted by Gasteiger charge is -2.16. The predicted molar refractivity (Wildman–Crippen MR) is 113 cm³/mol. The van der Waals surface area contributed by atoms with Gasteiger partial charge in [-0.1, -0.05) is 18.6 Å². The summed E-state index contributed by atoms with van der Waals surface area (Å²) < 4.78 is 8.66. The molecule has 4 atom stereocenters. The Balaban J connectivity index is 1.71. The molecular weight excluding hydrogens is 418 g/mol. The van der Waals surface area contributed by atoms with E-state index in [1.54, 1.807) is 20.2 Å². The summed E-state index contributed by atoms with van der Waals surface area (Å²) >= 11 is 0. The van der Waals surface area contributed by atoms with Crippen LogP contribution in [0, 0.1) is 0 Å². The topological polar surface area (TPSA) is 165 Å². The predicted octanol–water partition coefficient (Wildman–Crippen LogP) is -0.453. The van der Waals surface area contributed by atoms with Crippen LogP contribution in [0.15, 0.2) is 12.5 Å². The minimum atomic E-state index is -1.40. The lowest BCUT2D eigenvalue weighted by Crippen LogP contribution is -2.42. The van der Waals surface area contributed by atoms with E-state index in [1.165, 1.54) is 15.6 Å². The van der Waals surface area contributed by atoms with Crippen LogP contribution in [-0.4, -0.2) is 82.5 Å². The Hall–Kier alpha value is -3.16. The van der Waals surface area contributed by atoms with E-state index >= 15 is 0 Å². The molecule has 0 aromatic carbocycles. The first-order valence-corrected chi connectivity index (χ1v) is 10.6. The van der Waals surface area contributed by atoms with Gasteiger partial charge in [-0.25, -0.2) is 4.98 Å². The fourth-order valence-electron chi connectivity index (χ4n) is 3.62. The SMILES string of the molecule is CCCCc1cn(-c2nc(NC)c3ncn([C@@H]4O[C@H](C(=O)NCC)[C@@H](O)[C@H]4O)c3n2)nn1. The van der Waals surface area contributed by atoms with Crippen LogP contribution in [0.5, 0.6) is 0 Å². The molecule has 3 aromatic rings. The molecular formula is C19H27N9O4. The second-order valence-corrected chi connectivity index (χ2v) is 7.53. The highest BCUT2D eigenvalue weighted by Crippen LogP contribution is 2.32. The van der Waals surface area contributed by atoms with Crippen molar-refractivity contribution in [3.05, 3.63) is 18.2 Å². The number of aryl methyl sites for hydroxylation is 1. The van der Waals surface area contributed by atoms with E-state index in [2.05, 4.69) is 42.8 Å². The fourth-order valence-corrected chi connectivity index (χ4v) is 3.62. The molecule has 3 aromatic heterocycles. The number of unbranched alkanes of at least 4 members (excludes halogenated alkanes) is 1. The zero-order valence-corrected chi connectivity index (χ0v) is 18.1. The molecule has 4 rings (SSSR count). The molecule has 1 saturated heterocycles. The summed E-state index contributed by atoms with van der Waals surface area (Å²) in [5.74, 6) is 0.203. The van der Waals surface area contributed by atoms with Crippen molar-refractivity contribution in [3.63, 3.8) is 0 Å². The Morgan fingerprint density at radius 2 is 2.06 bits per heavy atom. The number of hydrogen-bond donors (Lipinski definition) is 4. The number of amides is 1. The van der Waals surface area contributed by atoms with Crippen LogP contribution in [0.25, 0.3) is 17.1 Å². The molecule has 0 unspecified atom stereocenters. The molecule has 13 nitrogen and oxygen atoms in total. The Morgan fingerprint density at radius 3 is 2.78 bits per heavy atom. The molecule has 1 aliphatic rings. The van der Waals surface area contributed by atoms with Gasteiger partial charge in [0.05, 0.1) is 18.2 Å². The molecule has 0 aliphatic carbocycles. The summed E-state index contributed by atoms with van der Waals surface area (Å²) in [4.78, 5) is 25.6. The van der Waals surface area contributed by atoms with Gasteiger partial charge in [-0.3, -0.25) is 9.36 Å². The average Bonchev–Trinajstić information content (AvgIpc) is 3.50. The largest absolute Gasteiger partial charge is 0.387 e. The maximum Gasteiger partial charge on any atom is 0.256 e. The lowest BCUT2D eigenvalue weighted by molar-refractivity contribution is -0.137. The number of aliphatic hydroxyl groups excluding tert-OH is 2. The van der Waals surface area contributed by atoms with Crippen molar-refractivity contribution < 1.29 is 19.7 Å². The number of likely N-dealkylation sites (N-methyl/N-ethyl adjacent to an activating group) is 1. The zero-order valence-electron chi connectivity index (χ0n) is 18.1. The second kappa shape index (κ2) is 9.14. The third kappa shape index (κ3) is 3.89. The van der Waals surface area contributed by atoms with Gasteiger partial charge in [-0.2, -0.15) is 14.6 Å². The van der Waals surface area contributed by atoms with Crippen LogP contribution in [0.1, 0.15) is 38.6 Å². The van der Waals surface area contributed by atoms with Crippen molar-refractivity contribution in [1.29, 1.82) is 0 Å². The quantitative estimate of drug-likeness (QED) is 0.357. The number of hydrogen-bond acceptors (Lipinski definition) is 10. The number of carbonyl (C=O) groups excluding carboxylic acids is 1. The Morgan fingerprint density at radius 1 is 1.25 bits per heavy atom. The smallest absolute Gasteiger partial charge is 0.256 e. The van der Waals surface area contributed by atoms with E-state index in [0.29, 0.717) is 23.5 Å². The number of rotatable bonds is 8. The molecule has 0 saturated carbocycles. The van der Waals surface area contributed by atoms with Gasteiger partial charge in [0.1, 0.15) is 12.2 Å². The normalized spacial score (nSPS) is 23.0. The van der Waals surface area contributed by atoms with Crippen LogP contribution in [-0.2, 0) is 16.0 Å². The van der Waals surface area contributed by atoms with Crippen molar-refractivity contribution in [2.24, 2.45) is 0 Å². The highest BCUT2D eigenvalue weighted by atomic mass is 16.6. The maximum absolute atomic E-state index is 12.2. The Labute approximate surface area is 183 Å². The van der Waals surface area contributed by atoms with Gasteiger partial charge in [0, 0.05) is 13.6 Å². The third-order valence-electron chi connectivity index (χ3n) is 5.30. The van der Waals surface area contributed by atoms with Gasteiger partial charge in [-0.05, 0) is 19.8 Å². The van der Waals surface area contributed by atoms with Gasteiger partial charge >= 0.3 is 0 Å². The van der Waals surface area contributed by atoms with Crippen molar-refractivity contribution in [1.82, 2.24) is 39.8 Å². The number of nitrogens with zero attached hydrogens (tertiary/aromatic N) is 7. The van der Waals surface area contributed by atoms with E-state index in [1.807, 2.05) is 0 Å². The average molecular weight is 445 g/mol. The van der Waals surface area contributed by atoms with E-state index in [4.69, 9.17) is 4.74 Å². The first-order chi connectivity index (χ1) is 15.5. The van der Waals surface area contributed by atoms with E-state index in [9.17, 15) is 15.0 Å². The van der Waals surface area contributed by atoms with E-state index in [-0.39, 0.29) is 5.95 Å². The standard InChI is InChI=1S/C19H27N9O4/c1-4-6-7-10-8-28(26-25-10)19-23-15(20-3)11-16(24-19)27(9-22-11)18-13(30)12(29)14(32-18)17(31)21-5-2/h8-9,12-14,18,29-30H,4-7H2,1-3H3,(H,21,31)(H,20,23,24)/t12-,13+,14-,18+/m0/s1. The van der Waals surface area contributed by atoms with Crippen molar-refractivity contribution in [2.45, 2.75) is 57.6 Å². The van der Waals surface area contributed by atoms with Crippen molar-refractivity contribution >= 4 is 22.9 Å². The van der Waals surface area contributed by atoms with Crippen LogP contribution < -0.4 is 10.6 Å².